The fourth-order valence-electron chi connectivity index (χ4n) is 3.89. The average Bonchev–Trinajstić information content (AvgIpc) is 2.63. The first-order valence-corrected chi connectivity index (χ1v) is 11.9. The van der Waals surface area contributed by atoms with Gasteiger partial charge in [0.05, 0.1) is 5.41 Å². The van der Waals surface area contributed by atoms with Crippen molar-refractivity contribution in [1.29, 1.82) is 0 Å². The lowest BCUT2D eigenvalue weighted by molar-refractivity contribution is -0.172. The molecule has 2 nitrogen and oxygen atoms in total. The van der Waals surface area contributed by atoms with Gasteiger partial charge in [0.15, 0.2) is 0 Å². The molecular weight excluding hydrogens is 426 g/mol. The number of benzene rings is 2. The minimum absolute atomic E-state index is 0.0807. The van der Waals surface area contributed by atoms with Gasteiger partial charge >= 0.3 is 5.97 Å². The number of hydrogen-bond donors (Lipinski definition) is 0. The van der Waals surface area contributed by atoms with Crippen LogP contribution in [0.25, 0.3) is 0 Å². The summed E-state index contributed by atoms with van der Waals surface area (Å²) in [6.07, 6.45) is 1.20. The molecule has 2 rings (SSSR count). The molecule has 0 aliphatic rings. The van der Waals surface area contributed by atoms with E-state index >= 15 is 0 Å². The molecule has 2 aromatic rings. The van der Waals surface area contributed by atoms with E-state index in [4.69, 9.17) is 4.74 Å². The summed E-state index contributed by atoms with van der Waals surface area (Å²) < 4.78 is 33.2. The van der Waals surface area contributed by atoms with E-state index in [1.54, 1.807) is 24.3 Å². The lowest BCUT2D eigenvalue weighted by atomic mass is 9.66. The molecule has 1 unspecified atom stereocenters. The molecular formula is C27H36F2O2S. The van der Waals surface area contributed by atoms with Crippen LogP contribution in [0.2, 0.25) is 0 Å². The Balaban J connectivity index is 2.30. The Morgan fingerprint density at radius 2 is 1.50 bits per heavy atom. The van der Waals surface area contributed by atoms with Crippen LogP contribution in [0, 0.1) is 28.4 Å². The van der Waals surface area contributed by atoms with Crippen molar-refractivity contribution >= 4 is 17.7 Å². The maximum Gasteiger partial charge on any atom is 0.312 e. The Morgan fingerprint density at radius 3 is 2.03 bits per heavy atom. The van der Waals surface area contributed by atoms with Crippen molar-refractivity contribution < 1.29 is 18.3 Å². The Labute approximate surface area is 196 Å². The first-order valence-electron chi connectivity index (χ1n) is 11.1. The molecule has 0 N–H and O–H groups in total. The molecule has 0 saturated carbocycles. The van der Waals surface area contributed by atoms with Crippen molar-refractivity contribution in [3.8, 4) is 0 Å². The molecule has 0 fully saturated rings. The van der Waals surface area contributed by atoms with Crippen molar-refractivity contribution in [2.24, 2.45) is 16.7 Å². The molecule has 176 valence electrons. The standard InChI is InChI=1S/C27H36F2O2S/c1-18(2)27(8,24(30)31-25(3,4)5)17-26(6,7)16-19-15-21(29)11-14-23(19)32-22-12-9-20(28)10-13-22/h9-15,18H,16-17H2,1-8H3. The third-order valence-electron chi connectivity index (χ3n) is 5.72. The average molecular weight is 463 g/mol. The van der Waals surface area contributed by atoms with Gasteiger partial charge in [-0.1, -0.05) is 39.5 Å². The number of halogens is 2. The molecule has 0 amide bonds. The molecule has 0 heterocycles. The molecule has 1 atom stereocenters. The fourth-order valence-corrected chi connectivity index (χ4v) is 4.82. The van der Waals surface area contributed by atoms with Gasteiger partial charge in [-0.15, -0.1) is 0 Å². The van der Waals surface area contributed by atoms with Gasteiger partial charge in [-0.3, -0.25) is 4.79 Å². The lowest BCUT2D eigenvalue weighted by Gasteiger charge is -2.40. The monoisotopic (exact) mass is 462 g/mol. The Bertz CT molecular complexity index is 930. The van der Waals surface area contributed by atoms with Crippen LogP contribution in [-0.4, -0.2) is 11.6 Å². The fraction of sp³-hybridized carbons (Fsp3) is 0.519. The maximum absolute atomic E-state index is 14.2. The number of esters is 1. The highest BCUT2D eigenvalue weighted by atomic mass is 32.2. The van der Waals surface area contributed by atoms with Gasteiger partial charge in [-0.05, 0) is 99.9 Å². The summed E-state index contributed by atoms with van der Waals surface area (Å²) in [7, 11) is 0. The summed E-state index contributed by atoms with van der Waals surface area (Å²) in [5.41, 5.74) is -0.644. The van der Waals surface area contributed by atoms with Crippen molar-refractivity contribution in [1.82, 2.24) is 0 Å². The highest BCUT2D eigenvalue weighted by Gasteiger charge is 2.44. The van der Waals surface area contributed by atoms with E-state index in [1.807, 2.05) is 41.5 Å². The maximum atomic E-state index is 14.2. The topological polar surface area (TPSA) is 26.3 Å². The smallest absolute Gasteiger partial charge is 0.312 e. The van der Waals surface area contributed by atoms with Crippen LogP contribution >= 0.6 is 11.8 Å². The van der Waals surface area contributed by atoms with Gasteiger partial charge in [-0.2, -0.15) is 0 Å². The van der Waals surface area contributed by atoms with E-state index < -0.39 is 11.0 Å². The molecule has 0 radical (unpaired) electrons. The second kappa shape index (κ2) is 9.94. The Hall–Kier alpha value is -1.88. The van der Waals surface area contributed by atoms with Crippen molar-refractivity contribution in [3.63, 3.8) is 0 Å². The van der Waals surface area contributed by atoms with Crippen LogP contribution in [0.5, 0.6) is 0 Å². The summed E-state index contributed by atoms with van der Waals surface area (Å²) in [5, 5.41) is 0. The minimum Gasteiger partial charge on any atom is -0.460 e. The van der Waals surface area contributed by atoms with Crippen LogP contribution < -0.4 is 0 Å². The molecule has 2 aromatic carbocycles. The third kappa shape index (κ3) is 7.33. The van der Waals surface area contributed by atoms with Gasteiger partial charge in [0.1, 0.15) is 17.2 Å². The number of hydrogen-bond acceptors (Lipinski definition) is 3. The molecule has 0 aliphatic carbocycles. The van der Waals surface area contributed by atoms with Crippen LogP contribution in [-0.2, 0) is 16.0 Å². The van der Waals surface area contributed by atoms with E-state index in [-0.39, 0.29) is 28.9 Å². The predicted molar refractivity (Wildman–Crippen MR) is 128 cm³/mol. The highest BCUT2D eigenvalue weighted by Crippen LogP contribution is 2.44. The predicted octanol–water partition coefficient (Wildman–Crippen LogP) is 8.08. The summed E-state index contributed by atoms with van der Waals surface area (Å²) >= 11 is 1.49. The zero-order chi connectivity index (χ0) is 24.3. The van der Waals surface area contributed by atoms with Crippen molar-refractivity contribution in [3.05, 3.63) is 59.7 Å². The van der Waals surface area contributed by atoms with Crippen molar-refractivity contribution in [2.45, 2.75) is 83.6 Å². The van der Waals surface area contributed by atoms with Crippen LogP contribution in [0.3, 0.4) is 0 Å². The number of carbonyl (C=O) groups excluding carboxylic acids is 1. The summed E-state index contributed by atoms with van der Waals surface area (Å²) in [6, 6.07) is 11.1. The highest BCUT2D eigenvalue weighted by molar-refractivity contribution is 7.99. The normalized spacial score (nSPS) is 14.3. The second-order valence-corrected chi connectivity index (χ2v) is 12.0. The van der Waals surface area contributed by atoms with Gasteiger partial charge in [0.25, 0.3) is 0 Å². The number of ether oxygens (including phenoxy) is 1. The minimum atomic E-state index is -0.672. The zero-order valence-electron chi connectivity index (χ0n) is 20.5. The Kier molecular flexibility index (Phi) is 8.20. The van der Waals surface area contributed by atoms with E-state index in [0.717, 1.165) is 15.4 Å². The van der Waals surface area contributed by atoms with Crippen LogP contribution in [0.15, 0.2) is 52.3 Å². The molecule has 0 aliphatic heterocycles. The summed E-state index contributed by atoms with van der Waals surface area (Å²) in [6.45, 7) is 15.9. The molecule has 0 bridgehead atoms. The molecule has 0 saturated heterocycles. The number of carbonyl (C=O) groups is 1. The number of rotatable bonds is 8. The zero-order valence-corrected chi connectivity index (χ0v) is 21.3. The van der Waals surface area contributed by atoms with E-state index in [1.165, 1.54) is 30.0 Å². The Morgan fingerprint density at radius 1 is 0.938 bits per heavy atom. The van der Waals surface area contributed by atoms with Crippen LogP contribution in [0.1, 0.15) is 67.4 Å². The molecule has 5 heteroatoms. The quantitative estimate of drug-likeness (QED) is 0.371. The molecule has 0 spiro atoms. The molecule has 0 aromatic heterocycles. The molecule has 32 heavy (non-hydrogen) atoms. The van der Waals surface area contributed by atoms with Gasteiger partial charge in [-0.25, -0.2) is 8.78 Å². The van der Waals surface area contributed by atoms with Gasteiger partial charge < -0.3 is 4.74 Å². The van der Waals surface area contributed by atoms with Crippen LogP contribution in [0.4, 0.5) is 8.78 Å². The SMILES string of the molecule is CC(C)C(C)(CC(C)(C)Cc1cc(F)ccc1Sc1ccc(F)cc1)C(=O)OC(C)(C)C. The largest absolute Gasteiger partial charge is 0.460 e. The van der Waals surface area contributed by atoms with Gasteiger partial charge in [0, 0.05) is 9.79 Å². The lowest BCUT2D eigenvalue weighted by Crippen LogP contribution is -2.42. The summed E-state index contributed by atoms with van der Waals surface area (Å²) in [5.74, 6) is -0.701. The van der Waals surface area contributed by atoms with E-state index in [9.17, 15) is 13.6 Å². The first kappa shape index (κ1) is 26.4. The first-order chi connectivity index (χ1) is 14.6. The van der Waals surface area contributed by atoms with E-state index in [0.29, 0.717) is 12.8 Å². The van der Waals surface area contributed by atoms with E-state index in [2.05, 4.69) is 13.8 Å². The summed E-state index contributed by atoms with van der Waals surface area (Å²) in [4.78, 5) is 14.9. The van der Waals surface area contributed by atoms with Crippen molar-refractivity contribution in [2.75, 3.05) is 0 Å². The second-order valence-electron chi connectivity index (χ2n) is 10.9. The van der Waals surface area contributed by atoms with Gasteiger partial charge in [0.2, 0.25) is 0 Å². The third-order valence-corrected chi connectivity index (χ3v) is 6.84.